The van der Waals surface area contributed by atoms with E-state index in [0.29, 0.717) is 11.3 Å². The van der Waals surface area contributed by atoms with Crippen molar-refractivity contribution in [1.29, 1.82) is 0 Å². The molecule has 1 amide bonds. The molecule has 5 nitrogen and oxygen atoms in total. The number of primary amides is 1. The van der Waals surface area contributed by atoms with Gasteiger partial charge in [-0.2, -0.15) is 0 Å². The van der Waals surface area contributed by atoms with Crippen molar-refractivity contribution in [1.82, 2.24) is 4.98 Å². The Labute approximate surface area is 117 Å². The van der Waals surface area contributed by atoms with Crippen molar-refractivity contribution in [2.45, 2.75) is 13.0 Å². The number of carbonyl (C=O) groups is 1. The van der Waals surface area contributed by atoms with Crippen LogP contribution in [0.15, 0.2) is 36.5 Å². The molecule has 4 N–H and O–H groups in total. The number of hydrogen-bond donors (Lipinski definition) is 2. The smallest absolute Gasteiger partial charge is 0.250 e. The molecule has 3 rings (SSSR count). The highest BCUT2D eigenvalue weighted by Crippen LogP contribution is 2.24. The van der Waals surface area contributed by atoms with Crippen LogP contribution < -0.4 is 16.4 Å². The van der Waals surface area contributed by atoms with Gasteiger partial charge in [-0.05, 0) is 23.6 Å². The van der Waals surface area contributed by atoms with Crippen molar-refractivity contribution in [2.75, 3.05) is 17.2 Å². The number of aromatic nitrogens is 1. The SMILES string of the molecule is NC(=O)c1cc(N2CCc3ccccc3C2)ncc1N. The summed E-state index contributed by atoms with van der Waals surface area (Å²) in [6.45, 7) is 1.65. The van der Waals surface area contributed by atoms with Gasteiger partial charge in [-0.3, -0.25) is 4.79 Å². The van der Waals surface area contributed by atoms with Gasteiger partial charge in [0.05, 0.1) is 17.4 Å². The molecule has 0 radical (unpaired) electrons. The van der Waals surface area contributed by atoms with Gasteiger partial charge in [-0.15, -0.1) is 0 Å². The van der Waals surface area contributed by atoms with E-state index in [4.69, 9.17) is 11.5 Å². The number of carbonyl (C=O) groups excluding carboxylic acids is 1. The van der Waals surface area contributed by atoms with E-state index >= 15 is 0 Å². The van der Waals surface area contributed by atoms with Gasteiger partial charge >= 0.3 is 0 Å². The van der Waals surface area contributed by atoms with E-state index in [1.54, 1.807) is 6.07 Å². The standard InChI is InChI=1S/C15H16N4O/c16-13-8-18-14(7-12(13)15(17)20)19-6-5-10-3-1-2-4-11(10)9-19/h1-4,7-8H,5-6,9,16H2,(H2,17,20). The first kappa shape index (κ1) is 12.5. The summed E-state index contributed by atoms with van der Waals surface area (Å²) in [6, 6.07) is 10.0. The van der Waals surface area contributed by atoms with E-state index in [2.05, 4.69) is 28.1 Å². The second kappa shape index (κ2) is 4.85. The molecule has 0 aliphatic carbocycles. The van der Waals surface area contributed by atoms with E-state index in [1.807, 2.05) is 6.07 Å². The maximum absolute atomic E-state index is 11.4. The second-order valence-electron chi connectivity index (χ2n) is 4.93. The molecule has 0 bridgehead atoms. The Kier molecular flexibility index (Phi) is 3.02. The van der Waals surface area contributed by atoms with Gasteiger partial charge in [0, 0.05) is 13.1 Å². The van der Waals surface area contributed by atoms with Gasteiger partial charge in [0.25, 0.3) is 5.91 Å². The predicted octanol–water partition coefficient (Wildman–Crippen LogP) is 1.33. The van der Waals surface area contributed by atoms with Crippen LogP contribution in [0, 0.1) is 0 Å². The molecule has 1 aromatic heterocycles. The molecule has 102 valence electrons. The average Bonchev–Trinajstić information content (AvgIpc) is 2.47. The van der Waals surface area contributed by atoms with E-state index < -0.39 is 5.91 Å². The number of fused-ring (bicyclic) bond motifs is 1. The minimum absolute atomic E-state index is 0.318. The highest BCUT2D eigenvalue weighted by atomic mass is 16.1. The van der Waals surface area contributed by atoms with Gasteiger partial charge in [0.15, 0.2) is 0 Å². The third-order valence-corrected chi connectivity index (χ3v) is 3.64. The van der Waals surface area contributed by atoms with E-state index in [1.165, 1.54) is 17.3 Å². The van der Waals surface area contributed by atoms with Crippen LogP contribution in [-0.4, -0.2) is 17.4 Å². The predicted molar refractivity (Wildman–Crippen MR) is 78.4 cm³/mol. The van der Waals surface area contributed by atoms with Crippen LogP contribution in [0.2, 0.25) is 0 Å². The second-order valence-corrected chi connectivity index (χ2v) is 4.93. The van der Waals surface area contributed by atoms with Gasteiger partial charge in [-0.25, -0.2) is 4.98 Å². The zero-order chi connectivity index (χ0) is 14.1. The fourth-order valence-electron chi connectivity index (χ4n) is 2.53. The lowest BCUT2D eigenvalue weighted by atomic mass is 10.00. The first-order valence-electron chi connectivity index (χ1n) is 6.52. The van der Waals surface area contributed by atoms with Gasteiger partial charge in [0.2, 0.25) is 0 Å². The highest BCUT2D eigenvalue weighted by molar-refractivity contribution is 5.98. The van der Waals surface area contributed by atoms with Gasteiger partial charge in [0.1, 0.15) is 5.82 Å². The number of amides is 1. The van der Waals surface area contributed by atoms with Crippen molar-refractivity contribution >= 4 is 17.4 Å². The van der Waals surface area contributed by atoms with Gasteiger partial charge < -0.3 is 16.4 Å². The summed E-state index contributed by atoms with van der Waals surface area (Å²) in [5.74, 6) is 0.214. The number of hydrogen-bond acceptors (Lipinski definition) is 4. The Hall–Kier alpha value is -2.56. The van der Waals surface area contributed by atoms with E-state index in [-0.39, 0.29) is 0 Å². The molecular formula is C15H16N4O. The van der Waals surface area contributed by atoms with Crippen molar-refractivity contribution < 1.29 is 4.79 Å². The van der Waals surface area contributed by atoms with Crippen LogP contribution in [0.4, 0.5) is 11.5 Å². The lowest BCUT2D eigenvalue weighted by molar-refractivity contribution is 0.100. The Morgan fingerprint density at radius 1 is 1.25 bits per heavy atom. The van der Waals surface area contributed by atoms with Crippen LogP contribution in [0.3, 0.4) is 0 Å². The minimum Gasteiger partial charge on any atom is -0.397 e. The van der Waals surface area contributed by atoms with Crippen molar-refractivity contribution in [3.05, 3.63) is 53.2 Å². The number of nitrogens with two attached hydrogens (primary N) is 2. The molecule has 1 aromatic carbocycles. The Morgan fingerprint density at radius 3 is 2.75 bits per heavy atom. The number of nitrogen functional groups attached to an aromatic ring is 1. The van der Waals surface area contributed by atoms with Crippen molar-refractivity contribution in [3.63, 3.8) is 0 Å². The summed E-state index contributed by atoms with van der Waals surface area (Å²) in [4.78, 5) is 17.8. The summed E-state index contributed by atoms with van der Waals surface area (Å²) in [7, 11) is 0. The van der Waals surface area contributed by atoms with Crippen LogP contribution in [0.5, 0.6) is 0 Å². The molecule has 0 saturated carbocycles. The van der Waals surface area contributed by atoms with Crippen LogP contribution in [0.1, 0.15) is 21.5 Å². The molecule has 20 heavy (non-hydrogen) atoms. The largest absolute Gasteiger partial charge is 0.397 e. The maximum Gasteiger partial charge on any atom is 0.250 e. The topological polar surface area (TPSA) is 85.2 Å². The Morgan fingerprint density at radius 2 is 2.00 bits per heavy atom. The van der Waals surface area contributed by atoms with Crippen molar-refractivity contribution in [3.8, 4) is 0 Å². The zero-order valence-corrected chi connectivity index (χ0v) is 11.0. The lowest BCUT2D eigenvalue weighted by Gasteiger charge is -2.30. The molecule has 0 fully saturated rings. The van der Waals surface area contributed by atoms with Crippen LogP contribution in [-0.2, 0) is 13.0 Å². The Balaban J connectivity index is 1.92. The van der Waals surface area contributed by atoms with Crippen LogP contribution in [0.25, 0.3) is 0 Å². The highest BCUT2D eigenvalue weighted by Gasteiger charge is 2.18. The number of benzene rings is 1. The third kappa shape index (κ3) is 2.18. The summed E-state index contributed by atoms with van der Waals surface area (Å²) in [5, 5.41) is 0. The molecule has 2 heterocycles. The average molecular weight is 268 g/mol. The number of nitrogens with zero attached hydrogens (tertiary/aromatic N) is 2. The molecule has 2 aromatic rings. The normalized spacial score (nSPS) is 13.9. The first-order valence-corrected chi connectivity index (χ1v) is 6.52. The Bertz CT molecular complexity index is 669. The summed E-state index contributed by atoms with van der Waals surface area (Å²) in [5.41, 5.74) is 14.3. The molecular weight excluding hydrogens is 252 g/mol. The molecule has 0 atom stereocenters. The van der Waals surface area contributed by atoms with Gasteiger partial charge in [-0.1, -0.05) is 24.3 Å². The van der Waals surface area contributed by atoms with Crippen molar-refractivity contribution in [2.24, 2.45) is 5.73 Å². The number of anilines is 2. The van der Waals surface area contributed by atoms with E-state index in [9.17, 15) is 4.79 Å². The monoisotopic (exact) mass is 268 g/mol. The van der Waals surface area contributed by atoms with E-state index in [0.717, 1.165) is 25.3 Å². The van der Waals surface area contributed by atoms with Crippen LogP contribution >= 0.6 is 0 Å². The molecule has 5 heteroatoms. The minimum atomic E-state index is -0.524. The molecule has 0 unspecified atom stereocenters. The molecule has 0 spiro atoms. The summed E-state index contributed by atoms with van der Waals surface area (Å²) < 4.78 is 0. The fourth-order valence-corrected chi connectivity index (χ4v) is 2.53. The lowest BCUT2D eigenvalue weighted by Crippen LogP contribution is -2.31. The summed E-state index contributed by atoms with van der Waals surface area (Å²) >= 11 is 0. The fraction of sp³-hybridized carbons (Fsp3) is 0.200. The quantitative estimate of drug-likeness (QED) is 0.860. The number of rotatable bonds is 2. The maximum atomic E-state index is 11.4. The molecule has 1 aliphatic heterocycles. The first-order chi connectivity index (χ1) is 9.65. The molecule has 1 aliphatic rings. The molecule has 0 saturated heterocycles. The zero-order valence-electron chi connectivity index (χ0n) is 11.0. The number of pyridine rings is 1. The summed E-state index contributed by atoms with van der Waals surface area (Å²) in [6.07, 6.45) is 2.46. The third-order valence-electron chi connectivity index (χ3n) is 3.64.